The number of rotatable bonds is 4. The molecule has 174 valence electrons. The van der Waals surface area contributed by atoms with Crippen LogP contribution in [0.15, 0.2) is 6.07 Å². The van der Waals surface area contributed by atoms with Crippen molar-refractivity contribution >= 4 is 34.7 Å². The zero-order valence-corrected chi connectivity index (χ0v) is 20.7. The second kappa shape index (κ2) is 9.79. The second-order valence-corrected chi connectivity index (χ2v) is 11.6. The third-order valence-electron chi connectivity index (χ3n) is 6.82. The maximum Gasteiger partial charge on any atom is 0.350 e. The Hall–Kier alpha value is -2.13. The van der Waals surface area contributed by atoms with E-state index in [4.69, 9.17) is 4.74 Å². The molecule has 1 atom stereocenters. The van der Waals surface area contributed by atoms with Crippen LogP contribution in [0.4, 0.5) is 5.69 Å². The van der Waals surface area contributed by atoms with Gasteiger partial charge in [0.25, 0.3) is 0 Å². The molecule has 5 nitrogen and oxygen atoms in total. The fraction of sp³-hybridized carbons (Fsp3) is 0.654. The van der Waals surface area contributed by atoms with Crippen LogP contribution in [0.1, 0.15) is 93.6 Å². The van der Waals surface area contributed by atoms with Gasteiger partial charge in [0.15, 0.2) is 0 Å². The molecule has 0 radical (unpaired) electrons. The molecule has 1 unspecified atom stereocenters. The summed E-state index contributed by atoms with van der Waals surface area (Å²) in [6, 6.07) is 1.77. The number of ether oxygens (including phenoxy) is 1. The predicted molar refractivity (Wildman–Crippen MR) is 128 cm³/mol. The van der Waals surface area contributed by atoms with Gasteiger partial charge in [-0.2, -0.15) is 0 Å². The molecule has 1 amide bonds. The topological polar surface area (TPSA) is 72.5 Å². The van der Waals surface area contributed by atoms with Crippen LogP contribution in [0, 0.1) is 34.5 Å². The maximum absolute atomic E-state index is 13.0. The Morgan fingerprint density at radius 3 is 2.47 bits per heavy atom. The first-order valence-electron chi connectivity index (χ1n) is 11.6. The molecular weight excluding hydrogens is 422 g/mol. The number of methoxy groups -OCH3 is 1. The summed E-state index contributed by atoms with van der Waals surface area (Å²) in [5, 5.41) is 2.96. The Morgan fingerprint density at radius 1 is 1.19 bits per heavy atom. The van der Waals surface area contributed by atoms with E-state index in [0.29, 0.717) is 22.8 Å². The highest BCUT2D eigenvalue weighted by Crippen LogP contribution is 2.48. The lowest BCUT2D eigenvalue weighted by Crippen LogP contribution is -2.40. The molecule has 0 aromatic carbocycles. The lowest BCUT2D eigenvalue weighted by Gasteiger charge is -2.43. The summed E-state index contributed by atoms with van der Waals surface area (Å²) in [5.41, 5.74) is 0.317. The van der Waals surface area contributed by atoms with E-state index >= 15 is 0 Å². The summed E-state index contributed by atoms with van der Waals surface area (Å²) in [6.45, 7) is 8.29. The molecular formula is C26H35NO4S. The van der Waals surface area contributed by atoms with Crippen LogP contribution in [0.3, 0.4) is 0 Å². The van der Waals surface area contributed by atoms with Crippen molar-refractivity contribution in [2.75, 3.05) is 12.4 Å². The average Bonchev–Trinajstić information content (AvgIpc) is 3.14. The quantitative estimate of drug-likeness (QED) is 0.456. The Balaban J connectivity index is 1.69. The van der Waals surface area contributed by atoms with E-state index in [1.807, 2.05) is 20.8 Å². The fourth-order valence-corrected chi connectivity index (χ4v) is 5.77. The number of anilines is 1. The summed E-state index contributed by atoms with van der Waals surface area (Å²) in [7, 11) is 1.34. The molecule has 0 aliphatic heterocycles. The van der Waals surface area contributed by atoms with E-state index in [1.165, 1.54) is 18.4 Å². The molecule has 6 heteroatoms. The van der Waals surface area contributed by atoms with Crippen molar-refractivity contribution in [1.82, 2.24) is 0 Å². The summed E-state index contributed by atoms with van der Waals surface area (Å²) in [5.74, 6) is 6.17. The van der Waals surface area contributed by atoms with E-state index in [1.54, 1.807) is 6.07 Å². The maximum atomic E-state index is 13.0. The number of thiophene rings is 1. The summed E-state index contributed by atoms with van der Waals surface area (Å²) >= 11 is 1.24. The van der Waals surface area contributed by atoms with Crippen molar-refractivity contribution in [2.24, 2.45) is 22.7 Å². The van der Waals surface area contributed by atoms with Gasteiger partial charge < -0.3 is 10.1 Å². The number of amides is 1. The van der Waals surface area contributed by atoms with Gasteiger partial charge in [-0.05, 0) is 70.8 Å². The minimum atomic E-state index is -0.471. The van der Waals surface area contributed by atoms with Gasteiger partial charge in [-0.1, -0.05) is 25.2 Å². The van der Waals surface area contributed by atoms with Gasteiger partial charge in [-0.15, -0.1) is 11.3 Å². The molecule has 2 aliphatic carbocycles. The van der Waals surface area contributed by atoms with E-state index in [-0.39, 0.29) is 28.6 Å². The molecule has 3 rings (SSSR count). The number of ketones is 1. The van der Waals surface area contributed by atoms with Crippen LogP contribution in [0.2, 0.25) is 0 Å². The molecule has 32 heavy (non-hydrogen) atoms. The Labute approximate surface area is 195 Å². The molecule has 1 heterocycles. The molecule has 2 fully saturated rings. The first kappa shape index (κ1) is 24.5. The smallest absolute Gasteiger partial charge is 0.350 e. The van der Waals surface area contributed by atoms with Crippen LogP contribution in [-0.4, -0.2) is 24.8 Å². The Kier molecular flexibility index (Phi) is 7.50. The number of hydrogen-bond acceptors (Lipinski definition) is 5. The van der Waals surface area contributed by atoms with Gasteiger partial charge in [0, 0.05) is 23.7 Å². The number of nitrogens with one attached hydrogen (secondary N) is 1. The molecule has 0 bridgehead atoms. The number of carbonyl (C=O) groups is 3. The SMILES string of the molecule is COC(=O)c1sc(C#CC(C)(C)C)cc1NC(=O)C1CCC(C)(C2CCCCC2=O)CC1. The highest BCUT2D eigenvalue weighted by Gasteiger charge is 2.43. The summed E-state index contributed by atoms with van der Waals surface area (Å²) in [4.78, 5) is 38.9. The van der Waals surface area contributed by atoms with Gasteiger partial charge in [0.1, 0.15) is 10.7 Å². The minimum absolute atomic E-state index is 0.00353. The van der Waals surface area contributed by atoms with E-state index in [9.17, 15) is 14.4 Å². The molecule has 2 saturated carbocycles. The second-order valence-electron chi connectivity index (χ2n) is 10.5. The van der Waals surface area contributed by atoms with Crippen LogP contribution in [0.5, 0.6) is 0 Å². The van der Waals surface area contributed by atoms with Crippen molar-refractivity contribution in [3.8, 4) is 11.8 Å². The highest BCUT2D eigenvalue weighted by molar-refractivity contribution is 7.15. The molecule has 1 aromatic rings. The highest BCUT2D eigenvalue weighted by atomic mass is 32.1. The monoisotopic (exact) mass is 457 g/mol. The number of carbonyl (C=O) groups excluding carboxylic acids is 3. The summed E-state index contributed by atoms with van der Waals surface area (Å²) in [6.07, 6.45) is 7.14. The van der Waals surface area contributed by atoms with Gasteiger partial charge in [0.05, 0.1) is 17.7 Å². The molecule has 1 aromatic heterocycles. The zero-order valence-electron chi connectivity index (χ0n) is 19.9. The number of esters is 1. The van der Waals surface area contributed by atoms with Crippen molar-refractivity contribution in [3.63, 3.8) is 0 Å². The first-order chi connectivity index (χ1) is 15.0. The lowest BCUT2D eigenvalue weighted by molar-refractivity contribution is -0.131. The van der Waals surface area contributed by atoms with Crippen LogP contribution >= 0.6 is 11.3 Å². The zero-order chi connectivity index (χ0) is 23.5. The van der Waals surface area contributed by atoms with Crippen molar-refractivity contribution in [2.45, 2.75) is 79.1 Å². The molecule has 0 spiro atoms. The third-order valence-corrected chi connectivity index (χ3v) is 7.85. The van der Waals surface area contributed by atoms with Crippen molar-refractivity contribution < 1.29 is 19.1 Å². The molecule has 0 saturated heterocycles. The lowest BCUT2D eigenvalue weighted by atomic mass is 9.61. The predicted octanol–water partition coefficient (Wildman–Crippen LogP) is 5.83. The van der Waals surface area contributed by atoms with Gasteiger partial charge in [-0.25, -0.2) is 4.79 Å². The van der Waals surface area contributed by atoms with Crippen molar-refractivity contribution in [1.29, 1.82) is 0 Å². The largest absolute Gasteiger partial charge is 0.465 e. The average molecular weight is 458 g/mol. The Bertz CT molecular complexity index is 935. The molecule has 2 aliphatic rings. The number of Topliss-reactive ketones (excluding diaryl/α,β-unsaturated/α-hetero) is 1. The van der Waals surface area contributed by atoms with E-state index < -0.39 is 5.97 Å². The van der Waals surface area contributed by atoms with Crippen LogP contribution in [0.25, 0.3) is 0 Å². The van der Waals surface area contributed by atoms with Gasteiger partial charge in [-0.3, -0.25) is 9.59 Å². The van der Waals surface area contributed by atoms with Crippen molar-refractivity contribution in [3.05, 3.63) is 15.8 Å². The van der Waals surface area contributed by atoms with E-state index in [2.05, 4.69) is 24.1 Å². The summed E-state index contributed by atoms with van der Waals surface area (Å²) < 4.78 is 4.91. The molecule has 1 N–H and O–H groups in total. The third kappa shape index (κ3) is 5.81. The standard InChI is InChI=1S/C26H35NO4S/c1-25(2,3)13-12-18-16-20(22(32-18)24(30)31-5)27-23(29)17-10-14-26(4,15-11-17)19-8-6-7-9-21(19)28/h16-17,19H,6-11,14-15H2,1-5H3,(H,27,29). The minimum Gasteiger partial charge on any atom is -0.465 e. The fourth-order valence-electron chi connectivity index (χ4n) is 4.88. The normalized spacial score (nSPS) is 26.1. The van der Waals surface area contributed by atoms with Crippen LogP contribution in [-0.2, 0) is 14.3 Å². The van der Waals surface area contributed by atoms with E-state index in [0.717, 1.165) is 49.8 Å². The van der Waals surface area contributed by atoms with Crippen LogP contribution < -0.4 is 5.32 Å². The Morgan fingerprint density at radius 2 is 1.88 bits per heavy atom. The van der Waals surface area contributed by atoms with Gasteiger partial charge in [0.2, 0.25) is 5.91 Å². The van der Waals surface area contributed by atoms with Gasteiger partial charge >= 0.3 is 5.97 Å². The first-order valence-corrected chi connectivity index (χ1v) is 12.4. The number of hydrogen-bond donors (Lipinski definition) is 1.